The van der Waals surface area contributed by atoms with Crippen molar-refractivity contribution in [1.29, 1.82) is 0 Å². The Kier molecular flexibility index (Phi) is 3.22. The average Bonchev–Trinajstić information content (AvgIpc) is 2.41. The summed E-state index contributed by atoms with van der Waals surface area (Å²) >= 11 is 0.476. The van der Waals surface area contributed by atoms with E-state index in [0.29, 0.717) is 20.7 Å². The third-order valence-corrected chi connectivity index (χ3v) is 4.72. The van der Waals surface area contributed by atoms with Gasteiger partial charge in [0.2, 0.25) is 0 Å². The maximum atomic E-state index is 13.5. The molecule has 0 N–H and O–H groups in total. The molecule has 0 aromatic heterocycles. The van der Waals surface area contributed by atoms with E-state index in [0.717, 1.165) is 17.7 Å². The Labute approximate surface area is 111 Å². The Morgan fingerprint density at radius 3 is 2.94 bits per heavy atom. The van der Waals surface area contributed by atoms with E-state index >= 15 is 0 Å². The molecule has 4 heteroatoms. The summed E-state index contributed by atoms with van der Waals surface area (Å²) in [6, 6.07) is 12.1. The summed E-state index contributed by atoms with van der Waals surface area (Å²) in [6.45, 7) is 0.760. The second kappa shape index (κ2) is 5.01. The van der Waals surface area contributed by atoms with E-state index in [1.807, 2.05) is 18.2 Å². The van der Waals surface area contributed by atoms with Gasteiger partial charge in [-0.05, 0) is 0 Å². The van der Waals surface area contributed by atoms with Crippen LogP contribution in [0.5, 0.6) is 17.2 Å². The maximum absolute atomic E-state index is 13.5. The Morgan fingerprint density at radius 1 is 1.17 bits per heavy atom. The van der Waals surface area contributed by atoms with E-state index in [-0.39, 0.29) is 11.6 Å². The predicted octanol–water partition coefficient (Wildman–Crippen LogP) is 2.76. The molecule has 0 saturated heterocycles. The van der Waals surface area contributed by atoms with Crippen LogP contribution in [0.1, 0.15) is 0 Å². The molecule has 0 unspecified atom stereocenters. The SMILES string of the molecule is Fc1ccccc1Oc1ccc2c(c1)OCC[Se]2. The molecule has 0 radical (unpaired) electrons. The molecular formula is C14H11FO2Se. The molecule has 0 aliphatic carbocycles. The van der Waals surface area contributed by atoms with Crippen LogP contribution in [0, 0.1) is 5.82 Å². The average molecular weight is 309 g/mol. The molecule has 0 saturated carbocycles. The molecule has 3 rings (SSSR count). The van der Waals surface area contributed by atoms with Gasteiger partial charge in [-0.15, -0.1) is 0 Å². The van der Waals surface area contributed by atoms with E-state index in [1.54, 1.807) is 18.2 Å². The fourth-order valence-electron chi connectivity index (χ4n) is 1.74. The standard InChI is InChI=1S/C14H11FO2Se/c15-11-3-1-2-4-12(11)17-10-5-6-14-13(9-10)16-7-8-18-14/h1-6,9H,7-8H2. The molecule has 2 nitrogen and oxygen atoms in total. The zero-order chi connectivity index (χ0) is 12.4. The minimum atomic E-state index is -0.361. The Hall–Kier alpha value is -1.51. The van der Waals surface area contributed by atoms with E-state index < -0.39 is 0 Å². The van der Waals surface area contributed by atoms with Crippen molar-refractivity contribution in [2.24, 2.45) is 0 Å². The molecule has 92 valence electrons. The van der Waals surface area contributed by atoms with Crippen LogP contribution in [0.15, 0.2) is 42.5 Å². The third-order valence-electron chi connectivity index (χ3n) is 2.58. The summed E-state index contributed by atoms with van der Waals surface area (Å²) in [5.74, 6) is 1.35. The van der Waals surface area contributed by atoms with Gasteiger partial charge in [-0.25, -0.2) is 0 Å². The van der Waals surface area contributed by atoms with Crippen molar-refractivity contribution >= 4 is 19.4 Å². The first-order valence-electron chi connectivity index (χ1n) is 5.65. The summed E-state index contributed by atoms with van der Waals surface area (Å²) in [6.07, 6.45) is 0. The van der Waals surface area contributed by atoms with E-state index in [1.165, 1.54) is 10.5 Å². The molecule has 1 heterocycles. The van der Waals surface area contributed by atoms with Gasteiger partial charge in [-0.1, -0.05) is 0 Å². The van der Waals surface area contributed by atoms with Crippen molar-refractivity contribution in [2.75, 3.05) is 6.61 Å². The molecule has 2 aromatic rings. The fourth-order valence-corrected chi connectivity index (χ4v) is 3.44. The van der Waals surface area contributed by atoms with Gasteiger partial charge in [0.15, 0.2) is 0 Å². The molecule has 0 atom stereocenters. The topological polar surface area (TPSA) is 18.5 Å². The van der Waals surface area contributed by atoms with E-state index in [2.05, 4.69) is 0 Å². The molecule has 0 bridgehead atoms. The fraction of sp³-hybridized carbons (Fsp3) is 0.143. The second-order valence-corrected chi connectivity index (χ2v) is 6.22. The number of benzene rings is 2. The van der Waals surface area contributed by atoms with Gasteiger partial charge in [0, 0.05) is 0 Å². The zero-order valence-corrected chi connectivity index (χ0v) is 11.3. The zero-order valence-electron chi connectivity index (χ0n) is 9.56. The second-order valence-electron chi connectivity index (χ2n) is 3.84. The molecule has 0 fully saturated rings. The van der Waals surface area contributed by atoms with Crippen LogP contribution >= 0.6 is 0 Å². The first kappa shape index (κ1) is 11.6. The first-order chi connectivity index (χ1) is 8.83. The van der Waals surface area contributed by atoms with Gasteiger partial charge in [0.1, 0.15) is 0 Å². The third kappa shape index (κ3) is 2.35. The van der Waals surface area contributed by atoms with E-state index in [9.17, 15) is 4.39 Å². The van der Waals surface area contributed by atoms with Crippen molar-refractivity contribution in [2.45, 2.75) is 5.32 Å². The van der Waals surface area contributed by atoms with Gasteiger partial charge in [0.25, 0.3) is 0 Å². The van der Waals surface area contributed by atoms with Crippen LogP contribution in [0.2, 0.25) is 5.32 Å². The quantitative estimate of drug-likeness (QED) is 0.794. The molecular weight excluding hydrogens is 298 g/mol. The van der Waals surface area contributed by atoms with Crippen molar-refractivity contribution in [3.63, 3.8) is 0 Å². The van der Waals surface area contributed by atoms with Crippen LogP contribution in [0.3, 0.4) is 0 Å². The Balaban J connectivity index is 1.87. The monoisotopic (exact) mass is 310 g/mol. The molecule has 2 aromatic carbocycles. The van der Waals surface area contributed by atoms with Crippen LogP contribution < -0.4 is 13.9 Å². The number of ether oxygens (including phenoxy) is 2. The normalized spacial score (nSPS) is 13.6. The molecule has 1 aliphatic rings. The number of fused-ring (bicyclic) bond motifs is 1. The van der Waals surface area contributed by atoms with Gasteiger partial charge in [-0.2, -0.15) is 0 Å². The summed E-state index contributed by atoms with van der Waals surface area (Å²) in [4.78, 5) is 0. The summed E-state index contributed by atoms with van der Waals surface area (Å²) in [7, 11) is 0. The number of hydrogen-bond acceptors (Lipinski definition) is 2. The van der Waals surface area contributed by atoms with Crippen molar-refractivity contribution < 1.29 is 13.9 Å². The van der Waals surface area contributed by atoms with Crippen molar-refractivity contribution in [3.8, 4) is 17.2 Å². The van der Waals surface area contributed by atoms with Gasteiger partial charge in [-0.3, -0.25) is 0 Å². The summed E-state index contributed by atoms with van der Waals surface area (Å²) < 4.78 is 25.8. The van der Waals surface area contributed by atoms with Crippen LogP contribution in [0.25, 0.3) is 0 Å². The summed E-state index contributed by atoms with van der Waals surface area (Å²) in [5, 5.41) is 1.10. The molecule has 18 heavy (non-hydrogen) atoms. The first-order valence-corrected chi connectivity index (χ1v) is 7.72. The Morgan fingerprint density at radius 2 is 2.06 bits per heavy atom. The molecule has 0 spiro atoms. The van der Waals surface area contributed by atoms with E-state index in [4.69, 9.17) is 9.47 Å². The number of hydrogen-bond donors (Lipinski definition) is 0. The molecule has 1 aliphatic heterocycles. The predicted molar refractivity (Wildman–Crippen MR) is 68.6 cm³/mol. The number of para-hydroxylation sites is 1. The summed E-state index contributed by atoms with van der Waals surface area (Å²) in [5.41, 5.74) is 0. The van der Waals surface area contributed by atoms with Gasteiger partial charge in [0.05, 0.1) is 0 Å². The van der Waals surface area contributed by atoms with Crippen molar-refractivity contribution in [1.82, 2.24) is 0 Å². The van der Waals surface area contributed by atoms with Crippen LogP contribution in [0.4, 0.5) is 4.39 Å². The minimum absolute atomic E-state index is 0.235. The number of halogens is 1. The Bertz CT molecular complexity index is 571. The van der Waals surface area contributed by atoms with Crippen molar-refractivity contribution in [3.05, 3.63) is 48.3 Å². The molecule has 0 amide bonds. The van der Waals surface area contributed by atoms with Crippen LogP contribution in [-0.2, 0) is 0 Å². The number of rotatable bonds is 2. The van der Waals surface area contributed by atoms with Crippen LogP contribution in [-0.4, -0.2) is 21.6 Å². The van der Waals surface area contributed by atoms with Gasteiger partial charge < -0.3 is 0 Å². The van der Waals surface area contributed by atoms with Gasteiger partial charge >= 0.3 is 111 Å².